The summed E-state index contributed by atoms with van der Waals surface area (Å²) in [5.74, 6) is 0.401. The summed E-state index contributed by atoms with van der Waals surface area (Å²) in [7, 11) is 0. The molecule has 10 rings (SSSR count). The third-order valence-electron chi connectivity index (χ3n) is 15.5. The number of benzene rings is 4. The topological polar surface area (TPSA) is 205 Å². The summed E-state index contributed by atoms with van der Waals surface area (Å²) in [5.41, 5.74) is 5.79. The van der Waals surface area contributed by atoms with Gasteiger partial charge in [-0.1, -0.05) is 70.7 Å². The smallest absolute Gasteiger partial charge is 0.263 e. The molecule has 0 unspecified atom stereocenters. The minimum atomic E-state index is -0.221. The number of carbonyl (C=O) groups excluding carboxylic acids is 4. The number of ether oxygens (including phenoxy) is 8. The molecule has 2 fully saturated rings. The normalized spacial score (nSPS) is 14.5. The molecule has 20 nitrogen and oxygen atoms in total. The lowest BCUT2D eigenvalue weighted by Gasteiger charge is -2.38. The van der Waals surface area contributed by atoms with E-state index in [0.717, 1.165) is 61.5 Å². The van der Waals surface area contributed by atoms with Crippen LogP contribution in [0.4, 0.5) is 22.7 Å². The first-order valence-electron chi connectivity index (χ1n) is 30.5. The molecule has 0 saturated heterocycles. The molecule has 0 spiro atoms. The molecule has 478 valence electrons. The van der Waals surface area contributed by atoms with Gasteiger partial charge in [-0.25, -0.2) is 0 Å². The maximum absolute atomic E-state index is 14.0. The van der Waals surface area contributed by atoms with E-state index in [-0.39, 0.29) is 58.0 Å². The zero-order valence-electron chi connectivity index (χ0n) is 50.0. The van der Waals surface area contributed by atoms with Crippen LogP contribution in [0.25, 0.3) is 0 Å². The van der Waals surface area contributed by atoms with E-state index in [4.69, 9.17) is 84.3 Å². The summed E-state index contributed by atoms with van der Waals surface area (Å²) < 4.78 is 45.9. The molecular formula is C66H74Cl4N8O12. The fraction of sp³-hybridized carbons (Fsp3) is 0.424. The number of aryl methyl sites for hydroxylation is 2. The van der Waals surface area contributed by atoms with Crippen molar-refractivity contribution in [1.29, 1.82) is 0 Å². The van der Waals surface area contributed by atoms with Gasteiger partial charge in [-0.3, -0.25) is 29.1 Å². The Kier molecular flexibility index (Phi) is 24.6. The van der Waals surface area contributed by atoms with Gasteiger partial charge in [0.15, 0.2) is 0 Å². The van der Waals surface area contributed by atoms with Crippen LogP contribution in [0.2, 0.25) is 20.1 Å². The summed E-state index contributed by atoms with van der Waals surface area (Å²) in [6, 6.07) is 26.8. The van der Waals surface area contributed by atoms with E-state index in [9.17, 15) is 19.2 Å². The SMILES string of the molecule is O=C(CCc1cc(Cl)c(Oc2ccncc2C(=O)N2CCN(C3CC3)c3ccccc32)cc1Cl)NCCOCCOCCOCCOCCOCCOCCNC(=O)CCc1cc(Cl)c(Oc2ccncc2C(=O)N2CCN(C3CC3)c3ccccc32)cc1Cl. The highest BCUT2D eigenvalue weighted by atomic mass is 35.5. The van der Waals surface area contributed by atoms with Gasteiger partial charge < -0.3 is 68.1 Å². The Balaban J connectivity index is 0.501. The molecule has 90 heavy (non-hydrogen) atoms. The van der Waals surface area contributed by atoms with E-state index >= 15 is 0 Å². The van der Waals surface area contributed by atoms with E-state index < -0.39 is 0 Å². The Hall–Kier alpha value is -6.82. The van der Waals surface area contributed by atoms with Gasteiger partial charge in [0.2, 0.25) is 11.8 Å². The monoisotopic (exact) mass is 1310 g/mol. The molecule has 4 aromatic carbocycles. The molecule has 4 amide bonds. The van der Waals surface area contributed by atoms with Crippen molar-refractivity contribution < 1.29 is 57.1 Å². The van der Waals surface area contributed by atoms with Gasteiger partial charge in [0, 0.05) is 111 Å². The van der Waals surface area contributed by atoms with Gasteiger partial charge in [-0.2, -0.15) is 0 Å². The molecule has 6 aromatic rings. The largest absolute Gasteiger partial charge is 0.455 e. The quantitative estimate of drug-likeness (QED) is 0.0355. The van der Waals surface area contributed by atoms with Crippen molar-refractivity contribution in [1.82, 2.24) is 20.6 Å². The summed E-state index contributed by atoms with van der Waals surface area (Å²) in [5, 5.41) is 7.05. The van der Waals surface area contributed by atoms with E-state index in [1.54, 1.807) is 58.6 Å². The molecule has 0 bridgehead atoms. The van der Waals surface area contributed by atoms with Crippen LogP contribution < -0.4 is 39.7 Å². The lowest BCUT2D eigenvalue weighted by Crippen LogP contribution is -2.45. The van der Waals surface area contributed by atoms with Crippen LogP contribution in [0.3, 0.4) is 0 Å². The summed E-state index contributed by atoms with van der Waals surface area (Å²) >= 11 is 26.7. The standard InChI is InChI=1S/C66H74Cl4N8O12/c67-51-41-61(89-59-17-19-71-43-49(59)65(81)77-25-23-75(47-11-12-47)55-5-1-3-7-57(55)77)53(69)39-45(51)9-15-63(79)73-21-27-83-29-31-85-33-35-87-37-38-88-36-34-86-32-30-84-28-22-74-64(80)16-10-46-40-54(70)62(42-52(46)68)90-60-18-20-72-44-50(60)66(82)78-26-24-76(48-13-14-48)56-6-2-4-8-58(56)78/h1-8,17-20,39-44,47-48H,9-16,21-38H2,(H,73,79)(H,74,80). The second-order valence-corrected chi connectivity index (χ2v) is 23.4. The Morgan fingerprint density at radius 3 is 1.16 bits per heavy atom. The van der Waals surface area contributed by atoms with Crippen molar-refractivity contribution in [2.24, 2.45) is 0 Å². The van der Waals surface area contributed by atoms with Gasteiger partial charge >= 0.3 is 0 Å². The van der Waals surface area contributed by atoms with Gasteiger partial charge in [0.25, 0.3) is 11.8 Å². The number of pyridine rings is 2. The van der Waals surface area contributed by atoms with Gasteiger partial charge in [-0.15, -0.1) is 0 Å². The molecular weight excluding hydrogens is 1240 g/mol. The van der Waals surface area contributed by atoms with Crippen LogP contribution in [-0.2, 0) is 50.9 Å². The Bertz CT molecular complexity index is 3200. The van der Waals surface area contributed by atoms with Crippen molar-refractivity contribution in [2.75, 3.05) is 138 Å². The molecule has 4 heterocycles. The van der Waals surface area contributed by atoms with Crippen LogP contribution in [-0.4, -0.2) is 164 Å². The van der Waals surface area contributed by atoms with E-state index in [1.807, 2.05) is 36.4 Å². The molecule has 2 aromatic heterocycles. The Labute approximate surface area is 544 Å². The summed E-state index contributed by atoms with van der Waals surface area (Å²) in [6.45, 7) is 7.81. The van der Waals surface area contributed by atoms with Gasteiger partial charge in [0.05, 0.1) is 112 Å². The number of rotatable bonds is 35. The van der Waals surface area contributed by atoms with Crippen molar-refractivity contribution in [3.05, 3.63) is 152 Å². The lowest BCUT2D eigenvalue weighted by atomic mass is 10.1. The number of nitrogens with zero attached hydrogens (tertiary/aromatic N) is 6. The maximum atomic E-state index is 14.0. The third kappa shape index (κ3) is 18.5. The van der Waals surface area contributed by atoms with Crippen molar-refractivity contribution >= 4 is 92.8 Å². The highest BCUT2D eigenvalue weighted by Crippen LogP contribution is 2.44. The van der Waals surface area contributed by atoms with Crippen LogP contribution >= 0.6 is 46.4 Å². The fourth-order valence-electron chi connectivity index (χ4n) is 10.6. The van der Waals surface area contributed by atoms with Crippen LogP contribution in [0.5, 0.6) is 23.0 Å². The molecule has 2 aliphatic heterocycles. The molecule has 2 saturated carbocycles. The number of para-hydroxylation sites is 4. The van der Waals surface area contributed by atoms with E-state index in [0.29, 0.717) is 174 Å². The average molecular weight is 1310 g/mol. The number of fused-ring (bicyclic) bond motifs is 2. The van der Waals surface area contributed by atoms with Crippen LogP contribution in [0.1, 0.15) is 70.4 Å². The van der Waals surface area contributed by atoms with Gasteiger partial charge in [0.1, 0.15) is 34.1 Å². The molecule has 0 atom stereocenters. The molecule has 24 heteroatoms. The molecule has 4 aliphatic rings. The van der Waals surface area contributed by atoms with E-state index in [2.05, 4.69) is 42.5 Å². The summed E-state index contributed by atoms with van der Waals surface area (Å²) in [6.07, 6.45) is 11.8. The Morgan fingerprint density at radius 1 is 0.433 bits per heavy atom. The van der Waals surface area contributed by atoms with Crippen molar-refractivity contribution in [3.8, 4) is 23.0 Å². The first kappa shape index (κ1) is 66.1. The number of amides is 4. The first-order chi connectivity index (χ1) is 44.0. The number of hydrogen-bond acceptors (Lipinski definition) is 16. The van der Waals surface area contributed by atoms with E-state index in [1.165, 1.54) is 12.4 Å². The second-order valence-electron chi connectivity index (χ2n) is 21.8. The molecule has 2 aliphatic carbocycles. The number of anilines is 4. The number of hydrogen-bond donors (Lipinski definition) is 2. The minimum Gasteiger partial charge on any atom is -0.455 e. The maximum Gasteiger partial charge on any atom is 0.263 e. The predicted octanol–water partition coefficient (Wildman–Crippen LogP) is 10.8. The summed E-state index contributed by atoms with van der Waals surface area (Å²) in [4.78, 5) is 70.1. The molecule has 0 radical (unpaired) electrons. The first-order valence-corrected chi connectivity index (χ1v) is 32.1. The highest BCUT2D eigenvalue weighted by Gasteiger charge is 2.38. The Morgan fingerprint density at radius 2 is 0.789 bits per heavy atom. The van der Waals surface area contributed by atoms with Gasteiger partial charge in [-0.05, 0) is 98.2 Å². The fourth-order valence-corrected chi connectivity index (χ4v) is 11.5. The number of nitrogens with one attached hydrogen (secondary N) is 2. The zero-order valence-corrected chi connectivity index (χ0v) is 53.0. The average Bonchev–Trinajstić information content (AvgIpc) is 1.70. The molecule has 2 N–H and O–H groups in total. The zero-order chi connectivity index (χ0) is 62.6. The highest BCUT2D eigenvalue weighted by molar-refractivity contribution is 6.35. The lowest BCUT2D eigenvalue weighted by molar-refractivity contribution is -0.122. The number of halogens is 4. The second kappa shape index (κ2) is 33.5. The third-order valence-corrected chi connectivity index (χ3v) is 16.8. The number of aromatic nitrogens is 2. The van der Waals surface area contributed by atoms with Crippen molar-refractivity contribution in [3.63, 3.8) is 0 Å². The predicted molar refractivity (Wildman–Crippen MR) is 346 cm³/mol. The van der Waals surface area contributed by atoms with Crippen molar-refractivity contribution in [2.45, 2.75) is 63.5 Å². The number of carbonyl (C=O) groups is 4. The minimum absolute atomic E-state index is 0.161. The van der Waals surface area contributed by atoms with Crippen LogP contribution in [0, 0.1) is 0 Å². The van der Waals surface area contributed by atoms with Crippen LogP contribution in [0.15, 0.2) is 110 Å².